The van der Waals surface area contributed by atoms with Gasteiger partial charge in [0.05, 0.1) is 6.17 Å². The molecule has 1 N–H and O–H groups in total. The summed E-state index contributed by atoms with van der Waals surface area (Å²) in [5.41, 5.74) is 10.9. The van der Waals surface area contributed by atoms with E-state index in [0.717, 1.165) is 19.3 Å². The number of piperidine rings is 1. The molecular weight excluding hydrogens is 196 g/mol. The summed E-state index contributed by atoms with van der Waals surface area (Å²) in [7, 11) is 0. The van der Waals surface area contributed by atoms with Crippen LogP contribution in [-0.4, -0.2) is 12.2 Å². The van der Waals surface area contributed by atoms with Crippen molar-refractivity contribution in [2.45, 2.75) is 50.7 Å². The van der Waals surface area contributed by atoms with Gasteiger partial charge in [0.15, 0.2) is 0 Å². The molecule has 1 heterocycles. The normalized spacial score (nSPS) is 25.6. The third-order valence-corrected chi connectivity index (χ3v) is 3.32. The summed E-state index contributed by atoms with van der Waals surface area (Å²) in [4.78, 5) is 0. The fourth-order valence-electron chi connectivity index (χ4n) is 2.42. The summed E-state index contributed by atoms with van der Waals surface area (Å²) in [6, 6.07) is 11.1. The number of hydrogen-bond donors (Lipinski definition) is 1. The molecule has 1 aliphatic rings. The molecule has 0 aromatic heterocycles. The maximum Gasteiger partial charge on any atom is 0.0928 e. The molecule has 16 heavy (non-hydrogen) atoms. The molecule has 0 spiro atoms. The van der Waals surface area contributed by atoms with Crippen LogP contribution in [0, 0.1) is 0 Å². The Labute approximate surface area is 98.2 Å². The number of hydrogen-bond acceptors (Lipinski definition) is 1. The molecule has 0 aliphatic carbocycles. The van der Waals surface area contributed by atoms with Gasteiger partial charge in [0, 0.05) is 6.04 Å². The predicted octanol–water partition coefficient (Wildman–Crippen LogP) is 2.55. The lowest BCUT2D eigenvalue weighted by atomic mass is 9.97. The molecule has 1 aromatic carbocycles. The number of nitrogens with one attached hydrogen (secondary N) is 1. The lowest BCUT2D eigenvalue weighted by Crippen LogP contribution is -2.42. The molecule has 1 fully saturated rings. The van der Waals surface area contributed by atoms with Crippen molar-refractivity contribution >= 4 is 0 Å². The van der Waals surface area contributed by atoms with Crippen LogP contribution in [0.1, 0.15) is 37.7 Å². The maximum absolute atomic E-state index is 9.48. The van der Waals surface area contributed by atoms with Gasteiger partial charge in [-0.1, -0.05) is 30.3 Å². The van der Waals surface area contributed by atoms with Crippen LogP contribution < -0.4 is 11.1 Å². The predicted molar refractivity (Wildman–Crippen MR) is 66.1 cm³/mol. The van der Waals surface area contributed by atoms with E-state index in [0.29, 0.717) is 6.04 Å². The van der Waals surface area contributed by atoms with E-state index in [1.807, 2.05) is 0 Å². The zero-order chi connectivity index (χ0) is 11.2. The molecule has 0 amide bonds. The quantitative estimate of drug-likeness (QED) is 0.824. The summed E-state index contributed by atoms with van der Waals surface area (Å²) in [6.07, 6.45) is 6.54. The fraction of sp³-hybridized carbons (Fsp3) is 0.571. The fourth-order valence-corrected chi connectivity index (χ4v) is 2.42. The summed E-state index contributed by atoms with van der Waals surface area (Å²) >= 11 is 0. The molecule has 2 nitrogen and oxygen atoms in total. The van der Waals surface area contributed by atoms with Crippen molar-refractivity contribution in [2.75, 3.05) is 0 Å². The Morgan fingerprint density at radius 1 is 1.19 bits per heavy atom. The second-order valence-corrected chi connectivity index (χ2v) is 4.69. The van der Waals surface area contributed by atoms with E-state index >= 15 is 0 Å². The third kappa shape index (κ3) is 3.62. The van der Waals surface area contributed by atoms with Crippen LogP contribution in [0.15, 0.2) is 30.3 Å². The first-order valence-electron chi connectivity index (χ1n) is 6.32. The summed E-state index contributed by atoms with van der Waals surface area (Å²) in [5, 5.41) is 3.26. The topological polar surface area (TPSA) is 34.3 Å². The van der Waals surface area contributed by atoms with Gasteiger partial charge in [-0.2, -0.15) is 0 Å². The Morgan fingerprint density at radius 2 is 2.00 bits per heavy atom. The highest BCUT2D eigenvalue weighted by Gasteiger charge is 2.18. The minimum atomic E-state index is -0.268. The summed E-state index contributed by atoms with van der Waals surface area (Å²) in [5.74, 6) is 0. The van der Waals surface area contributed by atoms with E-state index in [1.165, 1.54) is 24.8 Å². The standard InChI is InChI=1S/C14H20N2/c15-14-11-5-10-13(16-14)9-4-8-12-6-2-1-3-7-12/h1-3,6-7,13-14,16H,4-5,8-11H2. The molecule has 0 bridgehead atoms. The Bertz CT molecular complexity index is 297. The van der Waals surface area contributed by atoms with Crippen molar-refractivity contribution in [3.63, 3.8) is 0 Å². The summed E-state index contributed by atoms with van der Waals surface area (Å²) in [6.45, 7) is 0. The van der Waals surface area contributed by atoms with E-state index in [1.54, 1.807) is 0 Å². The highest BCUT2D eigenvalue weighted by atomic mass is 15.1. The molecule has 2 rings (SSSR count). The van der Waals surface area contributed by atoms with Gasteiger partial charge in [-0.3, -0.25) is 5.32 Å². The molecule has 2 radical (unpaired) electrons. The minimum Gasteiger partial charge on any atom is -0.297 e. The van der Waals surface area contributed by atoms with Crippen molar-refractivity contribution in [3.8, 4) is 0 Å². The largest absolute Gasteiger partial charge is 0.297 e. The van der Waals surface area contributed by atoms with Crippen LogP contribution in [0.4, 0.5) is 0 Å². The first-order valence-corrected chi connectivity index (χ1v) is 6.32. The van der Waals surface area contributed by atoms with Gasteiger partial charge in [-0.25, -0.2) is 0 Å². The van der Waals surface area contributed by atoms with Crippen LogP contribution in [0.2, 0.25) is 0 Å². The van der Waals surface area contributed by atoms with Crippen LogP contribution >= 0.6 is 0 Å². The van der Waals surface area contributed by atoms with Crippen molar-refractivity contribution in [3.05, 3.63) is 35.9 Å². The van der Waals surface area contributed by atoms with Gasteiger partial charge >= 0.3 is 0 Å². The SMILES string of the molecule is [N]C1CCCC(CCCc2ccccc2)N1. The Hall–Kier alpha value is -0.860. The van der Waals surface area contributed by atoms with Gasteiger partial charge in [0.1, 0.15) is 0 Å². The van der Waals surface area contributed by atoms with Gasteiger partial charge < -0.3 is 0 Å². The molecule has 0 saturated carbocycles. The Kier molecular flexibility index (Phi) is 4.37. The smallest absolute Gasteiger partial charge is 0.0928 e. The number of benzene rings is 1. The second kappa shape index (κ2) is 6.02. The van der Waals surface area contributed by atoms with Gasteiger partial charge in [0.2, 0.25) is 0 Å². The van der Waals surface area contributed by atoms with E-state index in [9.17, 15) is 5.73 Å². The van der Waals surface area contributed by atoms with Crippen molar-refractivity contribution < 1.29 is 0 Å². The second-order valence-electron chi connectivity index (χ2n) is 4.69. The lowest BCUT2D eigenvalue weighted by Gasteiger charge is -2.27. The average Bonchev–Trinajstić information content (AvgIpc) is 2.30. The van der Waals surface area contributed by atoms with E-state index < -0.39 is 0 Å². The molecular formula is C14H20N2. The van der Waals surface area contributed by atoms with Crippen LogP contribution in [0.5, 0.6) is 0 Å². The molecule has 1 aromatic rings. The monoisotopic (exact) mass is 216 g/mol. The van der Waals surface area contributed by atoms with Gasteiger partial charge in [0.25, 0.3) is 0 Å². The molecule has 86 valence electrons. The Balaban J connectivity index is 1.68. The first kappa shape index (κ1) is 11.6. The summed E-state index contributed by atoms with van der Waals surface area (Å²) < 4.78 is 0. The zero-order valence-electron chi connectivity index (χ0n) is 9.73. The highest BCUT2D eigenvalue weighted by Crippen LogP contribution is 2.16. The molecule has 1 aliphatic heterocycles. The zero-order valence-corrected chi connectivity index (χ0v) is 9.73. The van der Waals surface area contributed by atoms with Crippen molar-refractivity contribution in [1.29, 1.82) is 0 Å². The van der Waals surface area contributed by atoms with Gasteiger partial charge in [-0.05, 0) is 44.1 Å². The van der Waals surface area contributed by atoms with Crippen molar-refractivity contribution in [1.82, 2.24) is 11.1 Å². The first-order chi connectivity index (χ1) is 7.84. The molecule has 2 atom stereocenters. The van der Waals surface area contributed by atoms with E-state index in [-0.39, 0.29) is 6.17 Å². The number of nitrogens with zero attached hydrogens (tertiary/aromatic N) is 1. The molecule has 2 heteroatoms. The minimum absolute atomic E-state index is 0.268. The number of aryl methyl sites for hydroxylation is 1. The van der Waals surface area contributed by atoms with E-state index in [2.05, 4.69) is 35.6 Å². The van der Waals surface area contributed by atoms with Gasteiger partial charge in [-0.15, -0.1) is 5.73 Å². The third-order valence-electron chi connectivity index (χ3n) is 3.32. The maximum atomic E-state index is 9.48. The molecule has 1 saturated heterocycles. The van der Waals surface area contributed by atoms with E-state index in [4.69, 9.17) is 0 Å². The van der Waals surface area contributed by atoms with Crippen molar-refractivity contribution in [2.24, 2.45) is 0 Å². The Morgan fingerprint density at radius 3 is 2.75 bits per heavy atom. The number of rotatable bonds is 4. The average molecular weight is 216 g/mol. The highest BCUT2D eigenvalue weighted by molar-refractivity contribution is 5.14. The lowest BCUT2D eigenvalue weighted by molar-refractivity contribution is 0.303. The molecule has 2 unspecified atom stereocenters. The van der Waals surface area contributed by atoms with Crippen LogP contribution in [-0.2, 0) is 6.42 Å². The van der Waals surface area contributed by atoms with Crippen LogP contribution in [0.3, 0.4) is 0 Å². The van der Waals surface area contributed by atoms with Crippen LogP contribution in [0.25, 0.3) is 0 Å².